The van der Waals surface area contributed by atoms with Crippen LogP contribution in [-0.2, 0) is 17.8 Å². The number of hydrogen-bond acceptors (Lipinski definition) is 4. The third-order valence-corrected chi connectivity index (χ3v) is 4.08. The van der Waals surface area contributed by atoms with Crippen molar-refractivity contribution in [1.82, 2.24) is 15.1 Å². The van der Waals surface area contributed by atoms with E-state index in [1.807, 2.05) is 13.8 Å². The van der Waals surface area contributed by atoms with Crippen LogP contribution in [-0.4, -0.2) is 38.8 Å². The Morgan fingerprint density at radius 1 is 1.46 bits per heavy atom. The molecule has 0 fully saturated rings. The smallest absolute Gasteiger partial charge is 0.325 e. The minimum atomic E-state index is -1.11. The summed E-state index contributed by atoms with van der Waals surface area (Å²) in [7, 11) is 0. The predicted molar refractivity (Wildman–Crippen MR) is 85.2 cm³/mol. The molecule has 0 saturated carbocycles. The number of aromatic amines is 1. The Morgan fingerprint density at radius 3 is 2.96 bits per heavy atom. The zero-order valence-electron chi connectivity index (χ0n) is 13.6. The normalized spacial score (nSPS) is 16.0. The molecule has 1 atom stereocenters. The van der Waals surface area contributed by atoms with Crippen LogP contribution in [0.25, 0.3) is 0 Å². The number of rotatable bonds is 5. The van der Waals surface area contributed by atoms with Gasteiger partial charge in [-0.05, 0) is 26.0 Å². The van der Waals surface area contributed by atoms with Crippen molar-refractivity contribution >= 4 is 5.97 Å². The summed E-state index contributed by atoms with van der Waals surface area (Å²) < 4.78 is 20.2. The van der Waals surface area contributed by atoms with Crippen LogP contribution >= 0.6 is 0 Å². The zero-order valence-corrected chi connectivity index (χ0v) is 13.6. The van der Waals surface area contributed by atoms with E-state index in [0.29, 0.717) is 19.5 Å². The van der Waals surface area contributed by atoms with Crippen molar-refractivity contribution in [1.29, 1.82) is 0 Å². The van der Waals surface area contributed by atoms with Crippen molar-refractivity contribution in [3.8, 4) is 5.75 Å². The molecule has 0 aliphatic carbocycles. The molecule has 1 unspecified atom stereocenters. The number of nitrogens with one attached hydrogen (secondary N) is 1. The highest BCUT2D eigenvalue weighted by molar-refractivity contribution is 5.77. The Bertz CT molecular complexity index is 744. The van der Waals surface area contributed by atoms with Gasteiger partial charge in [0.05, 0.1) is 17.9 Å². The molecule has 3 rings (SSSR count). The van der Waals surface area contributed by atoms with Crippen LogP contribution in [0.5, 0.6) is 5.75 Å². The van der Waals surface area contributed by atoms with Crippen LogP contribution in [0.2, 0.25) is 0 Å². The van der Waals surface area contributed by atoms with Crippen LogP contribution in [0.4, 0.5) is 4.39 Å². The number of benzene rings is 1. The molecule has 7 heteroatoms. The molecule has 2 aromatic rings. The van der Waals surface area contributed by atoms with E-state index in [9.17, 15) is 14.3 Å². The van der Waals surface area contributed by atoms with Gasteiger partial charge in [0.2, 0.25) is 0 Å². The first-order valence-corrected chi connectivity index (χ1v) is 7.90. The number of carboxylic acid groups (broad SMARTS) is 1. The van der Waals surface area contributed by atoms with Gasteiger partial charge in [0, 0.05) is 30.8 Å². The number of fused-ring (bicyclic) bond motifs is 1. The molecule has 0 saturated heterocycles. The Morgan fingerprint density at radius 2 is 2.25 bits per heavy atom. The Hall–Kier alpha value is -2.41. The number of hydrogen-bond donors (Lipinski definition) is 2. The highest BCUT2D eigenvalue weighted by Gasteiger charge is 2.35. The maximum Gasteiger partial charge on any atom is 0.325 e. The summed E-state index contributed by atoms with van der Waals surface area (Å²) in [5.74, 6) is -1.39. The standard InChI is InChI=1S/C17H20FN3O3/c1-10(2)24-14-5-3-4-12(18)15(14)16(17(22)23)21-7-6-13-11(9-21)8-19-20-13/h3-5,8,10,16H,6-7,9H2,1-2H3,(H,19,20)(H,22,23). The van der Waals surface area contributed by atoms with E-state index in [4.69, 9.17) is 4.74 Å². The topological polar surface area (TPSA) is 78.5 Å². The molecule has 0 spiro atoms. The fourth-order valence-corrected chi connectivity index (χ4v) is 3.07. The van der Waals surface area contributed by atoms with Gasteiger partial charge in [0.25, 0.3) is 0 Å². The van der Waals surface area contributed by atoms with Crippen LogP contribution < -0.4 is 4.74 Å². The van der Waals surface area contributed by atoms with Crippen LogP contribution in [0.15, 0.2) is 24.4 Å². The van der Waals surface area contributed by atoms with Gasteiger partial charge in [-0.15, -0.1) is 0 Å². The molecular weight excluding hydrogens is 313 g/mol. The van der Waals surface area contributed by atoms with Crippen molar-refractivity contribution in [3.05, 3.63) is 47.0 Å². The largest absolute Gasteiger partial charge is 0.491 e. The van der Waals surface area contributed by atoms with E-state index < -0.39 is 17.8 Å². The van der Waals surface area contributed by atoms with Crippen molar-refractivity contribution in [2.24, 2.45) is 0 Å². The molecule has 24 heavy (non-hydrogen) atoms. The number of aromatic nitrogens is 2. The van der Waals surface area contributed by atoms with Crippen molar-refractivity contribution in [2.45, 2.75) is 39.0 Å². The first kappa shape index (κ1) is 16.4. The van der Waals surface area contributed by atoms with Gasteiger partial charge in [0.15, 0.2) is 0 Å². The average Bonchev–Trinajstić information content (AvgIpc) is 2.97. The molecule has 0 amide bonds. The van der Waals surface area contributed by atoms with Gasteiger partial charge in [-0.3, -0.25) is 14.8 Å². The molecule has 1 aromatic carbocycles. The predicted octanol–water partition coefficient (Wildman–Crippen LogP) is 2.52. The Balaban J connectivity index is 1.99. The average molecular weight is 333 g/mol. The molecule has 1 aliphatic heterocycles. The van der Waals surface area contributed by atoms with Gasteiger partial charge < -0.3 is 9.84 Å². The maximum absolute atomic E-state index is 14.5. The molecule has 1 aliphatic rings. The van der Waals surface area contributed by atoms with E-state index in [1.54, 1.807) is 17.2 Å². The fraction of sp³-hybridized carbons (Fsp3) is 0.412. The second-order valence-electron chi connectivity index (χ2n) is 6.15. The maximum atomic E-state index is 14.5. The number of carbonyl (C=O) groups is 1. The zero-order chi connectivity index (χ0) is 17.3. The molecule has 1 aromatic heterocycles. The highest BCUT2D eigenvalue weighted by Crippen LogP contribution is 2.35. The van der Waals surface area contributed by atoms with Gasteiger partial charge in [-0.2, -0.15) is 5.10 Å². The van der Waals surface area contributed by atoms with Crippen molar-refractivity contribution in [3.63, 3.8) is 0 Å². The number of H-pyrrole nitrogens is 1. The lowest BCUT2D eigenvalue weighted by atomic mass is 9.99. The Labute approximate surface area is 139 Å². The van der Waals surface area contributed by atoms with Gasteiger partial charge in [0.1, 0.15) is 17.6 Å². The molecule has 6 nitrogen and oxygen atoms in total. The second-order valence-corrected chi connectivity index (χ2v) is 6.15. The number of ether oxygens (including phenoxy) is 1. The molecule has 2 heterocycles. The lowest BCUT2D eigenvalue weighted by Gasteiger charge is -2.33. The van der Waals surface area contributed by atoms with E-state index >= 15 is 0 Å². The van der Waals surface area contributed by atoms with E-state index in [2.05, 4.69) is 10.2 Å². The number of nitrogens with zero attached hydrogens (tertiary/aromatic N) is 2. The van der Waals surface area contributed by atoms with Crippen molar-refractivity contribution < 1.29 is 19.0 Å². The Kier molecular flexibility index (Phi) is 4.53. The SMILES string of the molecule is CC(C)Oc1cccc(F)c1C(C(=O)O)N1CCc2[nH]ncc2C1. The summed E-state index contributed by atoms with van der Waals surface area (Å²) in [4.78, 5) is 13.7. The van der Waals surface area contributed by atoms with Gasteiger partial charge >= 0.3 is 5.97 Å². The summed E-state index contributed by atoms with van der Waals surface area (Å²) in [6.45, 7) is 4.55. The van der Waals surface area contributed by atoms with Gasteiger partial charge in [-0.1, -0.05) is 6.07 Å². The van der Waals surface area contributed by atoms with Gasteiger partial charge in [-0.25, -0.2) is 4.39 Å². The number of aliphatic carboxylic acids is 1. The molecule has 2 N–H and O–H groups in total. The third kappa shape index (κ3) is 3.12. The second kappa shape index (κ2) is 6.60. The van der Waals surface area contributed by atoms with Crippen molar-refractivity contribution in [2.75, 3.05) is 6.54 Å². The fourth-order valence-electron chi connectivity index (χ4n) is 3.07. The summed E-state index contributed by atoms with van der Waals surface area (Å²) in [5.41, 5.74) is 2.02. The van der Waals surface area contributed by atoms with E-state index in [1.165, 1.54) is 12.1 Å². The summed E-state index contributed by atoms with van der Waals surface area (Å²) in [6, 6.07) is 3.30. The van der Waals surface area contributed by atoms with Crippen LogP contribution in [0, 0.1) is 5.82 Å². The quantitative estimate of drug-likeness (QED) is 0.879. The third-order valence-electron chi connectivity index (χ3n) is 4.08. The molecule has 0 bridgehead atoms. The molecular formula is C17H20FN3O3. The van der Waals surface area contributed by atoms with E-state index in [0.717, 1.165) is 11.3 Å². The highest BCUT2D eigenvalue weighted by atomic mass is 19.1. The summed E-state index contributed by atoms with van der Waals surface area (Å²) >= 11 is 0. The van der Waals surface area contributed by atoms with E-state index in [-0.39, 0.29) is 17.4 Å². The lowest BCUT2D eigenvalue weighted by molar-refractivity contribution is -0.144. The summed E-state index contributed by atoms with van der Waals surface area (Å²) in [6.07, 6.45) is 2.16. The van der Waals surface area contributed by atoms with Crippen LogP contribution in [0.3, 0.4) is 0 Å². The number of halogens is 1. The first-order valence-electron chi connectivity index (χ1n) is 7.90. The minimum absolute atomic E-state index is 0.0747. The molecule has 0 radical (unpaired) electrons. The molecule has 128 valence electrons. The summed E-state index contributed by atoms with van der Waals surface area (Å²) in [5, 5.41) is 16.7. The minimum Gasteiger partial charge on any atom is -0.491 e. The first-order chi connectivity index (χ1) is 11.5. The lowest BCUT2D eigenvalue weighted by Crippen LogP contribution is -2.38. The monoisotopic (exact) mass is 333 g/mol. The number of carboxylic acids is 1. The van der Waals surface area contributed by atoms with Crippen LogP contribution in [0.1, 0.15) is 36.7 Å².